The largest absolute Gasteiger partial charge is 0.478 e. The van der Waals surface area contributed by atoms with Gasteiger partial charge in [-0.25, -0.2) is 9.97 Å². The Labute approximate surface area is 102 Å². The first-order valence-corrected chi connectivity index (χ1v) is 5.57. The number of nitrogens with two attached hydrogens (primary N) is 1. The Kier molecular flexibility index (Phi) is 5.65. The van der Waals surface area contributed by atoms with Gasteiger partial charge in [0.05, 0.1) is 13.2 Å². The van der Waals surface area contributed by atoms with Crippen LogP contribution in [0.3, 0.4) is 0 Å². The summed E-state index contributed by atoms with van der Waals surface area (Å²) in [5.41, 5.74) is 5.88. The van der Waals surface area contributed by atoms with E-state index in [0.29, 0.717) is 25.6 Å². The van der Waals surface area contributed by atoms with E-state index in [0.717, 1.165) is 5.82 Å². The molecule has 96 valence electrons. The minimum Gasteiger partial charge on any atom is -0.478 e. The fourth-order valence-electron chi connectivity index (χ4n) is 1.48. The van der Waals surface area contributed by atoms with Gasteiger partial charge in [0.15, 0.2) is 0 Å². The quantitative estimate of drug-likeness (QED) is 0.738. The molecule has 0 aromatic carbocycles. The zero-order chi connectivity index (χ0) is 12.7. The molecule has 0 spiro atoms. The second-order valence-corrected chi connectivity index (χ2v) is 3.74. The van der Waals surface area contributed by atoms with Crippen molar-refractivity contribution in [3.05, 3.63) is 12.4 Å². The van der Waals surface area contributed by atoms with Crippen LogP contribution in [0.5, 0.6) is 5.88 Å². The molecule has 0 aliphatic heterocycles. The van der Waals surface area contributed by atoms with Crippen LogP contribution >= 0.6 is 0 Å². The smallest absolute Gasteiger partial charge is 0.218 e. The monoisotopic (exact) mass is 240 g/mol. The van der Waals surface area contributed by atoms with Crippen LogP contribution in [0, 0.1) is 0 Å². The first-order valence-electron chi connectivity index (χ1n) is 5.57. The number of ether oxygens (including phenoxy) is 2. The zero-order valence-corrected chi connectivity index (χ0v) is 10.6. The van der Waals surface area contributed by atoms with E-state index in [1.807, 2.05) is 18.9 Å². The summed E-state index contributed by atoms with van der Waals surface area (Å²) in [6, 6.07) is 1.75. The Morgan fingerprint density at radius 2 is 2.24 bits per heavy atom. The molecule has 1 heterocycles. The lowest BCUT2D eigenvalue weighted by Gasteiger charge is -2.22. The SMILES string of the molecule is CCOc1cc(N(C)CC(N)COC)ncn1. The van der Waals surface area contributed by atoms with Gasteiger partial charge >= 0.3 is 0 Å². The summed E-state index contributed by atoms with van der Waals surface area (Å²) in [6.45, 7) is 3.69. The van der Waals surface area contributed by atoms with E-state index in [4.69, 9.17) is 15.2 Å². The van der Waals surface area contributed by atoms with Gasteiger partial charge in [-0.2, -0.15) is 0 Å². The van der Waals surface area contributed by atoms with E-state index >= 15 is 0 Å². The van der Waals surface area contributed by atoms with E-state index in [-0.39, 0.29) is 6.04 Å². The second-order valence-electron chi connectivity index (χ2n) is 3.74. The molecule has 0 radical (unpaired) electrons. The van der Waals surface area contributed by atoms with Gasteiger partial charge in [-0.05, 0) is 6.92 Å². The van der Waals surface area contributed by atoms with Crippen molar-refractivity contribution in [2.45, 2.75) is 13.0 Å². The number of methoxy groups -OCH3 is 1. The van der Waals surface area contributed by atoms with Crippen molar-refractivity contribution < 1.29 is 9.47 Å². The highest BCUT2D eigenvalue weighted by Crippen LogP contribution is 2.14. The van der Waals surface area contributed by atoms with E-state index in [1.165, 1.54) is 6.33 Å². The van der Waals surface area contributed by atoms with Crippen molar-refractivity contribution >= 4 is 5.82 Å². The molecule has 1 aromatic heterocycles. The maximum absolute atomic E-state index is 5.88. The van der Waals surface area contributed by atoms with Crippen molar-refractivity contribution in [2.75, 3.05) is 38.8 Å². The van der Waals surface area contributed by atoms with Gasteiger partial charge in [0.1, 0.15) is 12.1 Å². The molecule has 1 rings (SSSR count). The third-order valence-electron chi connectivity index (χ3n) is 2.20. The molecule has 1 unspecified atom stereocenters. The first-order chi connectivity index (χ1) is 8.17. The van der Waals surface area contributed by atoms with Crippen LogP contribution in [0.15, 0.2) is 12.4 Å². The highest BCUT2D eigenvalue weighted by atomic mass is 16.5. The van der Waals surface area contributed by atoms with Gasteiger partial charge in [-0.1, -0.05) is 0 Å². The Bertz CT molecular complexity index is 335. The van der Waals surface area contributed by atoms with E-state index in [9.17, 15) is 0 Å². The van der Waals surface area contributed by atoms with Gasteiger partial charge in [-0.3, -0.25) is 0 Å². The second kappa shape index (κ2) is 7.03. The molecule has 0 aliphatic carbocycles. The van der Waals surface area contributed by atoms with Gasteiger partial charge in [-0.15, -0.1) is 0 Å². The van der Waals surface area contributed by atoms with Crippen molar-refractivity contribution in [1.29, 1.82) is 0 Å². The molecular formula is C11H20N4O2. The van der Waals surface area contributed by atoms with Crippen LogP contribution in [0.25, 0.3) is 0 Å². The number of hydrogen-bond donors (Lipinski definition) is 1. The normalized spacial score (nSPS) is 12.2. The van der Waals surface area contributed by atoms with Crippen LogP contribution in [0.2, 0.25) is 0 Å². The van der Waals surface area contributed by atoms with Gasteiger partial charge in [0.2, 0.25) is 5.88 Å². The molecule has 1 aromatic rings. The predicted octanol–water partition coefficient (Wildman–Crippen LogP) is 0.285. The molecule has 2 N–H and O–H groups in total. The summed E-state index contributed by atoms with van der Waals surface area (Å²) in [7, 11) is 3.56. The Hall–Kier alpha value is -1.40. The topological polar surface area (TPSA) is 73.5 Å². The van der Waals surface area contributed by atoms with E-state index < -0.39 is 0 Å². The lowest BCUT2D eigenvalue weighted by molar-refractivity contribution is 0.181. The molecule has 0 amide bonds. The van der Waals surface area contributed by atoms with Gasteiger partial charge < -0.3 is 20.1 Å². The maximum atomic E-state index is 5.88. The van der Waals surface area contributed by atoms with Crippen molar-refractivity contribution in [2.24, 2.45) is 5.73 Å². The summed E-state index contributed by atoms with van der Waals surface area (Å²) in [4.78, 5) is 10.1. The van der Waals surface area contributed by atoms with E-state index in [2.05, 4.69) is 9.97 Å². The van der Waals surface area contributed by atoms with Crippen LogP contribution in [0.4, 0.5) is 5.82 Å². The fourth-order valence-corrected chi connectivity index (χ4v) is 1.48. The van der Waals surface area contributed by atoms with Gasteiger partial charge in [0.25, 0.3) is 0 Å². The molecule has 17 heavy (non-hydrogen) atoms. The molecule has 6 heteroatoms. The summed E-state index contributed by atoms with van der Waals surface area (Å²) in [5.74, 6) is 1.36. The summed E-state index contributed by atoms with van der Waals surface area (Å²) >= 11 is 0. The van der Waals surface area contributed by atoms with Crippen LogP contribution in [-0.4, -0.2) is 49.9 Å². The third kappa shape index (κ3) is 4.54. The first kappa shape index (κ1) is 13.7. The number of likely N-dealkylation sites (N-methyl/N-ethyl adjacent to an activating group) is 1. The summed E-state index contributed by atoms with van der Waals surface area (Å²) in [5, 5.41) is 0. The number of aromatic nitrogens is 2. The minimum absolute atomic E-state index is 0.0458. The van der Waals surface area contributed by atoms with Crippen LogP contribution < -0.4 is 15.4 Å². The van der Waals surface area contributed by atoms with Crippen LogP contribution in [0.1, 0.15) is 6.92 Å². The number of rotatable bonds is 7. The molecule has 0 aliphatic rings. The number of nitrogens with zero attached hydrogens (tertiary/aromatic N) is 3. The summed E-state index contributed by atoms with van der Waals surface area (Å²) < 4.78 is 10.3. The van der Waals surface area contributed by atoms with Crippen molar-refractivity contribution in [3.63, 3.8) is 0 Å². The lowest BCUT2D eigenvalue weighted by atomic mass is 10.3. The Morgan fingerprint density at radius 3 is 2.88 bits per heavy atom. The zero-order valence-electron chi connectivity index (χ0n) is 10.6. The molecule has 0 saturated heterocycles. The van der Waals surface area contributed by atoms with Crippen LogP contribution in [-0.2, 0) is 4.74 Å². The highest BCUT2D eigenvalue weighted by Gasteiger charge is 2.09. The molecular weight excluding hydrogens is 220 g/mol. The molecule has 0 bridgehead atoms. The fraction of sp³-hybridized carbons (Fsp3) is 0.636. The number of anilines is 1. The summed E-state index contributed by atoms with van der Waals surface area (Å²) in [6.07, 6.45) is 1.48. The molecule has 0 fully saturated rings. The Balaban J connectivity index is 2.61. The Morgan fingerprint density at radius 1 is 1.47 bits per heavy atom. The van der Waals surface area contributed by atoms with Gasteiger partial charge in [0, 0.05) is 32.8 Å². The number of hydrogen-bond acceptors (Lipinski definition) is 6. The minimum atomic E-state index is -0.0458. The highest BCUT2D eigenvalue weighted by molar-refractivity contribution is 5.39. The third-order valence-corrected chi connectivity index (χ3v) is 2.20. The standard InChI is InChI=1S/C11H20N4O2/c1-4-17-11-5-10(13-8-14-11)15(2)6-9(12)7-16-3/h5,8-9H,4,6-7,12H2,1-3H3. The molecule has 0 saturated carbocycles. The van der Waals surface area contributed by atoms with Crippen molar-refractivity contribution in [3.8, 4) is 5.88 Å². The van der Waals surface area contributed by atoms with Crippen molar-refractivity contribution in [1.82, 2.24) is 9.97 Å². The van der Waals surface area contributed by atoms with E-state index in [1.54, 1.807) is 13.2 Å². The lowest BCUT2D eigenvalue weighted by Crippen LogP contribution is -2.38. The molecule has 6 nitrogen and oxygen atoms in total. The maximum Gasteiger partial charge on any atom is 0.218 e. The molecule has 1 atom stereocenters. The average Bonchev–Trinajstić information content (AvgIpc) is 2.30. The average molecular weight is 240 g/mol. The predicted molar refractivity (Wildman–Crippen MR) is 66.3 cm³/mol.